The summed E-state index contributed by atoms with van der Waals surface area (Å²) in [4.78, 5) is 31.1. The molecule has 34 heavy (non-hydrogen) atoms. The van der Waals surface area contributed by atoms with E-state index in [9.17, 15) is 9.18 Å². The molecule has 1 aromatic heterocycles. The van der Waals surface area contributed by atoms with Crippen LogP contribution in [-0.4, -0.2) is 77.3 Å². The Bertz CT molecular complexity index is 1080. The highest BCUT2D eigenvalue weighted by Crippen LogP contribution is 2.30. The zero-order valence-electron chi connectivity index (χ0n) is 20.1. The van der Waals surface area contributed by atoms with Crippen LogP contribution in [0.2, 0.25) is 5.02 Å². The van der Waals surface area contributed by atoms with E-state index < -0.39 is 5.82 Å². The smallest absolute Gasteiger partial charge is 0.257 e. The molecule has 0 saturated carbocycles. The second kappa shape index (κ2) is 10.4. The molecule has 9 heteroatoms. The zero-order chi connectivity index (χ0) is 24.4. The lowest BCUT2D eigenvalue weighted by atomic mass is 10.1. The van der Waals surface area contributed by atoms with Crippen LogP contribution < -0.4 is 4.74 Å². The Labute approximate surface area is 205 Å². The average molecular weight is 488 g/mol. The van der Waals surface area contributed by atoms with E-state index in [0.29, 0.717) is 46.6 Å². The summed E-state index contributed by atoms with van der Waals surface area (Å²) in [5, 5.41) is 0.544. The molecule has 0 radical (unpaired) electrons. The first-order valence-electron chi connectivity index (χ1n) is 11.7. The summed E-state index contributed by atoms with van der Waals surface area (Å²) >= 11 is 6.25. The number of aliphatic imine (C=N–C) groups is 1. The third kappa shape index (κ3) is 5.08. The van der Waals surface area contributed by atoms with Gasteiger partial charge in [-0.2, -0.15) is 0 Å². The number of likely N-dealkylation sites (tertiary alicyclic amines) is 2. The zero-order valence-corrected chi connectivity index (χ0v) is 20.9. The van der Waals surface area contributed by atoms with Crippen LogP contribution in [0.4, 0.5) is 4.39 Å². The van der Waals surface area contributed by atoms with Gasteiger partial charge in [0.15, 0.2) is 0 Å². The molecule has 182 valence electrons. The Morgan fingerprint density at radius 1 is 1.24 bits per heavy atom. The second-order valence-corrected chi connectivity index (χ2v) is 9.29. The number of nitrogens with zero attached hydrogens (tertiary/aromatic N) is 5. The fourth-order valence-corrected chi connectivity index (χ4v) is 4.74. The molecule has 1 aromatic carbocycles. The van der Waals surface area contributed by atoms with Crippen molar-refractivity contribution in [2.45, 2.75) is 45.6 Å². The summed E-state index contributed by atoms with van der Waals surface area (Å²) in [5.74, 6) is 0.0494. The van der Waals surface area contributed by atoms with Crippen LogP contribution >= 0.6 is 11.6 Å². The van der Waals surface area contributed by atoms with Gasteiger partial charge in [-0.15, -0.1) is 0 Å². The number of carbonyl (C=O) groups is 1. The first-order valence-corrected chi connectivity index (χ1v) is 12.1. The van der Waals surface area contributed by atoms with Crippen molar-refractivity contribution in [3.8, 4) is 5.75 Å². The Balaban J connectivity index is 1.55. The molecule has 2 fully saturated rings. The normalized spacial score (nSPS) is 20.8. The topological polar surface area (TPSA) is 70.9 Å². The molecule has 1 atom stereocenters. The van der Waals surface area contributed by atoms with Crippen molar-refractivity contribution in [1.82, 2.24) is 19.8 Å². The molecule has 1 amide bonds. The van der Waals surface area contributed by atoms with Gasteiger partial charge in [0.1, 0.15) is 23.5 Å². The number of aromatic nitrogens is 2. The van der Waals surface area contributed by atoms with Crippen molar-refractivity contribution in [3.05, 3.63) is 51.8 Å². The van der Waals surface area contributed by atoms with Crippen molar-refractivity contribution in [1.29, 1.82) is 0 Å². The van der Waals surface area contributed by atoms with E-state index in [4.69, 9.17) is 16.3 Å². The number of amides is 1. The number of rotatable bonds is 5. The van der Waals surface area contributed by atoms with Crippen LogP contribution in [0.3, 0.4) is 0 Å². The van der Waals surface area contributed by atoms with Crippen LogP contribution in [0.1, 0.15) is 53.3 Å². The largest absolute Gasteiger partial charge is 0.489 e. The maximum absolute atomic E-state index is 14.1. The standard InChI is InChI=1S/C25H31ClFN5O2/c1-5-31-10-8-18(9-11-31)34-22-12-17(27)6-7-19(22)25(33)32-13-20(21(14-32)28-4)24-29-15(2)23(26)16(3)30-24/h6-7,12,18,20H,5,8-11,13-14H2,1-4H3. The van der Waals surface area contributed by atoms with Crippen molar-refractivity contribution in [2.75, 3.05) is 39.8 Å². The van der Waals surface area contributed by atoms with Gasteiger partial charge < -0.3 is 14.5 Å². The van der Waals surface area contributed by atoms with Gasteiger partial charge in [-0.3, -0.25) is 9.79 Å². The highest BCUT2D eigenvalue weighted by Gasteiger charge is 2.36. The van der Waals surface area contributed by atoms with E-state index in [2.05, 4.69) is 26.8 Å². The molecule has 3 heterocycles. The minimum atomic E-state index is -0.423. The van der Waals surface area contributed by atoms with Gasteiger partial charge in [0.05, 0.1) is 34.4 Å². The van der Waals surface area contributed by atoms with Crippen LogP contribution in [0, 0.1) is 19.7 Å². The summed E-state index contributed by atoms with van der Waals surface area (Å²) in [6.07, 6.45) is 1.66. The molecule has 2 saturated heterocycles. The minimum absolute atomic E-state index is 0.0383. The number of hydrogen-bond donors (Lipinski definition) is 0. The highest BCUT2D eigenvalue weighted by molar-refractivity contribution is 6.31. The first kappa shape index (κ1) is 24.5. The van der Waals surface area contributed by atoms with E-state index in [1.807, 2.05) is 13.8 Å². The van der Waals surface area contributed by atoms with Crippen LogP contribution in [0.5, 0.6) is 5.75 Å². The van der Waals surface area contributed by atoms with Gasteiger partial charge >= 0.3 is 0 Å². The lowest BCUT2D eigenvalue weighted by Crippen LogP contribution is -2.38. The average Bonchev–Trinajstić information content (AvgIpc) is 3.27. The van der Waals surface area contributed by atoms with Gasteiger partial charge in [-0.25, -0.2) is 14.4 Å². The molecular formula is C25H31ClFN5O2. The van der Waals surface area contributed by atoms with Gasteiger partial charge in [0.2, 0.25) is 0 Å². The third-order valence-electron chi connectivity index (χ3n) is 6.69. The fourth-order valence-electron chi connectivity index (χ4n) is 4.66. The van der Waals surface area contributed by atoms with Gasteiger partial charge in [-0.1, -0.05) is 18.5 Å². The van der Waals surface area contributed by atoms with Crippen LogP contribution in [0.25, 0.3) is 0 Å². The van der Waals surface area contributed by atoms with E-state index in [1.165, 1.54) is 18.2 Å². The molecule has 0 aliphatic carbocycles. The molecule has 2 aromatic rings. The molecule has 0 N–H and O–H groups in total. The number of halogens is 2. The van der Waals surface area contributed by atoms with E-state index >= 15 is 0 Å². The second-order valence-electron chi connectivity index (χ2n) is 8.91. The van der Waals surface area contributed by atoms with Crippen molar-refractivity contribution in [2.24, 2.45) is 4.99 Å². The summed E-state index contributed by atoms with van der Waals surface area (Å²) in [6.45, 7) is 9.44. The van der Waals surface area contributed by atoms with Crippen LogP contribution in [-0.2, 0) is 0 Å². The highest BCUT2D eigenvalue weighted by atomic mass is 35.5. The molecule has 0 spiro atoms. The number of benzene rings is 1. The maximum Gasteiger partial charge on any atom is 0.257 e. The summed E-state index contributed by atoms with van der Waals surface area (Å²) in [6, 6.07) is 4.13. The van der Waals surface area contributed by atoms with Crippen molar-refractivity contribution in [3.63, 3.8) is 0 Å². The third-order valence-corrected chi connectivity index (χ3v) is 7.24. The van der Waals surface area contributed by atoms with E-state index in [-0.39, 0.29) is 17.9 Å². The number of aryl methyl sites for hydroxylation is 2. The predicted molar refractivity (Wildman–Crippen MR) is 131 cm³/mol. The minimum Gasteiger partial charge on any atom is -0.489 e. The number of hydrogen-bond acceptors (Lipinski definition) is 6. The Morgan fingerprint density at radius 2 is 1.91 bits per heavy atom. The molecular weight excluding hydrogens is 457 g/mol. The molecule has 1 unspecified atom stereocenters. The monoisotopic (exact) mass is 487 g/mol. The molecule has 4 rings (SSSR count). The number of carbonyl (C=O) groups excluding carboxylic acids is 1. The Kier molecular flexibility index (Phi) is 7.48. The van der Waals surface area contributed by atoms with Crippen LogP contribution in [0.15, 0.2) is 23.2 Å². The lowest BCUT2D eigenvalue weighted by Gasteiger charge is -2.31. The Hall–Kier alpha value is -2.58. The quantitative estimate of drug-likeness (QED) is 0.636. The van der Waals surface area contributed by atoms with Gasteiger partial charge in [0.25, 0.3) is 5.91 Å². The fraction of sp³-hybridized carbons (Fsp3) is 0.520. The van der Waals surface area contributed by atoms with Crippen molar-refractivity contribution < 1.29 is 13.9 Å². The maximum atomic E-state index is 14.1. The molecule has 7 nitrogen and oxygen atoms in total. The van der Waals surface area contributed by atoms with E-state index in [1.54, 1.807) is 11.9 Å². The lowest BCUT2D eigenvalue weighted by molar-refractivity contribution is 0.0772. The number of ether oxygens (including phenoxy) is 1. The Morgan fingerprint density at radius 3 is 2.53 bits per heavy atom. The van der Waals surface area contributed by atoms with Gasteiger partial charge in [0, 0.05) is 38.5 Å². The molecule has 2 aliphatic rings. The summed E-state index contributed by atoms with van der Waals surface area (Å²) < 4.78 is 20.3. The molecule has 2 aliphatic heterocycles. The first-order chi connectivity index (χ1) is 16.3. The van der Waals surface area contributed by atoms with E-state index in [0.717, 1.165) is 38.2 Å². The van der Waals surface area contributed by atoms with Gasteiger partial charge in [-0.05, 0) is 45.4 Å². The SMILES string of the molecule is CCN1CCC(Oc2cc(F)ccc2C(=O)N2CC(=NC)C(c3nc(C)c(Cl)c(C)n3)C2)CC1. The number of piperidine rings is 1. The summed E-state index contributed by atoms with van der Waals surface area (Å²) in [5.41, 5.74) is 2.59. The van der Waals surface area contributed by atoms with Crippen molar-refractivity contribution >= 4 is 23.2 Å². The molecule has 0 bridgehead atoms. The summed E-state index contributed by atoms with van der Waals surface area (Å²) in [7, 11) is 1.71. The predicted octanol–water partition coefficient (Wildman–Crippen LogP) is 4.06.